The van der Waals surface area contributed by atoms with Crippen molar-refractivity contribution in [3.05, 3.63) is 87.5 Å². The third-order valence-corrected chi connectivity index (χ3v) is 6.11. The van der Waals surface area contributed by atoms with E-state index in [0.717, 1.165) is 40.7 Å². The van der Waals surface area contributed by atoms with Crippen LogP contribution in [-0.4, -0.2) is 30.1 Å². The first kappa shape index (κ1) is 23.8. The highest BCUT2D eigenvalue weighted by Crippen LogP contribution is 2.30. The Morgan fingerprint density at radius 3 is 2.53 bits per heavy atom. The second-order valence-electron chi connectivity index (χ2n) is 10.0. The van der Waals surface area contributed by atoms with Crippen LogP contribution in [0.25, 0.3) is 10.9 Å². The van der Waals surface area contributed by atoms with Crippen LogP contribution in [0, 0.1) is 6.92 Å². The Labute approximate surface area is 200 Å². The van der Waals surface area contributed by atoms with Crippen LogP contribution in [0.4, 0.5) is 0 Å². The lowest BCUT2D eigenvalue weighted by Crippen LogP contribution is -2.35. The number of aromatic amines is 1. The lowest BCUT2D eigenvalue weighted by atomic mass is 10.0. The maximum atomic E-state index is 13.1. The van der Waals surface area contributed by atoms with Gasteiger partial charge in [0.2, 0.25) is 0 Å². The first-order valence-electron chi connectivity index (χ1n) is 12.0. The van der Waals surface area contributed by atoms with E-state index in [2.05, 4.69) is 77.4 Å². The molecule has 0 radical (unpaired) electrons. The van der Waals surface area contributed by atoms with E-state index >= 15 is 0 Å². The first-order chi connectivity index (χ1) is 16.3. The van der Waals surface area contributed by atoms with Crippen molar-refractivity contribution in [3.63, 3.8) is 0 Å². The van der Waals surface area contributed by atoms with Gasteiger partial charge in [0.15, 0.2) is 5.82 Å². The highest BCUT2D eigenvalue weighted by molar-refractivity contribution is 5.79. The molecule has 0 aliphatic carbocycles. The zero-order chi connectivity index (χ0) is 24.3. The standard InChI is InChI=1S/C27H34N6O/c1-6-10-24(25-29-30-31-33(25)27(3,4)5)32(17-20-11-8-7-9-12-20)18-22-16-21-14-13-19(2)15-23(21)28-26(22)34/h7-9,11-16,24H,6,10,17-18H2,1-5H3,(H,28,34). The highest BCUT2D eigenvalue weighted by atomic mass is 16.1. The summed E-state index contributed by atoms with van der Waals surface area (Å²) in [5.41, 5.74) is 3.61. The number of benzene rings is 2. The Morgan fingerprint density at radius 2 is 1.82 bits per heavy atom. The molecule has 7 heteroatoms. The van der Waals surface area contributed by atoms with Crippen molar-refractivity contribution in [2.24, 2.45) is 0 Å². The van der Waals surface area contributed by atoms with Crippen LogP contribution >= 0.6 is 0 Å². The molecule has 1 unspecified atom stereocenters. The number of nitrogens with zero attached hydrogens (tertiary/aromatic N) is 5. The van der Waals surface area contributed by atoms with Crippen LogP contribution in [0.15, 0.2) is 59.4 Å². The van der Waals surface area contributed by atoms with E-state index in [4.69, 9.17) is 0 Å². The summed E-state index contributed by atoms with van der Waals surface area (Å²) < 4.78 is 1.92. The molecule has 7 nitrogen and oxygen atoms in total. The third-order valence-electron chi connectivity index (χ3n) is 6.11. The van der Waals surface area contributed by atoms with Gasteiger partial charge < -0.3 is 4.98 Å². The second kappa shape index (κ2) is 9.89. The summed E-state index contributed by atoms with van der Waals surface area (Å²) in [7, 11) is 0. The molecule has 0 spiro atoms. The number of nitrogens with one attached hydrogen (secondary N) is 1. The molecule has 0 aliphatic rings. The fraction of sp³-hybridized carbons (Fsp3) is 0.407. The average molecular weight is 459 g/mol. The maximum Gasteiger partial charge on any atom is 0.252 e. The van der Waals surface area contributed by atoms with Gasteiger partial charge in [-0.2, -0.15) is 0 Å². The molecule has 0 fully saturated rings. The van der Waals surface area contributed by atoms with Crippen molar-refractivity contribution in [2.75, 3.05) is 0 Å². The molecule has 0 aliphatic heterocycles. The molecule has 4 aromatic rings. The van der Waals surface area contributed by atoms with Crippen LogP contribution in [0.1, 0.15) is 69.1 Å². The number of hydrogen-bond donors (Lipinski definition) is 1. The normalized spacial score (nSPS) is 13.0. The molecule has 34 heavy (non-hydrogen) atoms. The molecular formula is C27H34N6O. The lowest BCUT2D eigenvalue weighted by molar-refractivity contribution is 0.148. The van der Waals surface area contributed by atoms with Gasteiger partial charge in [0.05, 0.1) is 11.6 Å². The van der Waals surface area contributed by atoms with Gasteiger partial charge in [-0.1, -0.05) is 55.8 Å². The van der Waals surface area contributed by atoms with E-state index in [9.17, 15) is 4.79 Å². The fourth-order valence-corrected chi connectivity index (χ4v) is 4.42. The number of tetrazole rings is 1. The van der Waals surface area contributed by atoms with Gasteiger partial charge in [-0.05, 0) is 73.2 Å². The van der Waals surface area contributed by atoms with Crippen molar-refractivity contribution in [2.45, 2.75) is 72.1 Å². The van der Waals surface area contributed by atoms with Crippen LogP contribution in [0.3, 0.4) is 0 Å². The molecule has 1 atom stereocenters. The van der Waals surface area contributed by atoms with Crippen molar-refractivity contribution in [1.82, 2.24) is 30.1 Å². The minimum absolute atomic E-state index is 0.0347. The Kier molecular flexibility index (Phi) is 6.93. The van der Waals surface area contributed by atoms with Gasteiger partial charge in [0.25, 0.3) is 5.56 Å². The van der Waals surface area contributed by atoms with Crippen molar-refractivity contribution < 1.29 is 0 Å². The Balaban J connectivity index is 1.78. The number of hydrogen-bond acceptors (Lipinski definition) is 5. The van der Waals surface area contributed by atoms with Gasteiger partial charge >= 0.3 is 0 Å². The minimum Gasteiger partial charge on any atom is -0.322 e. The molecule has 0 amide bonds. The number of fused-ring (bicyclic) bond motifs is 1. The molecule has 2 heterocycles. The number of aromatic nitrogens is 5. The molecular weight excluding hydrogens is 424 g/mol. The van der Waals surface area contributed by atoms with Gasteiger partial charge in [-0.15, -0.1) is 5.10 Å². The quantitative estimate of drug-likeness (QED) is 0.396. The molecule has 0 saturated carbocycles. The Bertz CT molecular complexity index is 1300. The summed E-state index contributed by atoms with van der Waals surface area (Å²) in [6.45, 7) is 11.7. The second-order valence-corrected chi connectivity index (χ2v) is 10.0. The summed E-state index contributed by atoms with van der Waals surface area (Å²) in [6, 6.07) is 18.5. The van der Waals surface area contributed by atoms with Crippen LogP contribution in [0.5, 0.6) is 0 Å². The molecule has 1 N–H and O–H groups in total. The maximum absolute atomic E-state index is 13.1. The van der Waals surface area contributed by atoms with Gasteiger partial charge in [0, 0.05) is 24.2 Å². The van der Waals surface area contributed by atoms with Gasteiger partial charge in [-0.25, -0.2) is 4.68 Å². The number of rotatable bonds is 8. The van der Waals surface area contributed by atoms with E-state index in [1.165, 1.54) is 5.56 Å². The predicted octanol–water partition coefficient (Wildman–Crippen LogP) is 5.12. The van der Waals surface area contributed by atoms with Crippen molar-refractivity contribution in [1.29, 1.82) is 0 Å². The Morgan fingerprint density at radius 1 is 1.06 bits per heavy atom. The van der Waals surface area contributed by atoms with Crippen LogP contribution in [-0.2, 0) is 18.6 Å². The molecule has 0 bridgehead atoms. The topological polar surface area (TPSA) is 79.7 Å². The van der Waals surface area contributed by atoms with E-state index in [-0.39, 0.29) is 17.1 Å². The number of pyridine rings is 1. The average Bonchev–Trinajstić information content (AvgIpc) is 3.29. The zero-order valence-electron chi connectivity index (χ0n) is 20.7. The van der Waals surface area contributed by atoms with E-state index in [1.54, 1.807) is 0 Å². The fourth-order valence-electron chi connectivity index (χ4n) is 4.42. The van der Waals surface area contributed by atoms with Crippen molar-refractivity contribution >= 4 is 10.9 Å². The molecule has 4 rings (SSSR count). The molecule has 178 valence electrons. The van der Waals surface area contributed by atoms with E-state index in [1.807, 2.05) is 41.9 Å². The van der Waals surface area contributed by atoms with Crippen molar-refractivity contribution in [3.8, 4) is 0 Å². The number of aryl methyl sites for hydroxylation is 1. The summed E-state index contributed by atoms with van der Waals surface area (Å²) in [5.74, 6) is 0.832. The number of H-pyrrole nitrogens is 1. The summed E-state index contributed by atoms with van der Waals surface area (Å²) in [6.07, 6.45) is 1.86. The minimum atomic E-state index is -0.248. The van der Waals surface area contributed by atoms with E-state index in [0.29, 0.717) is 13.1 Å². The van der Waals surface area contributed by atoms with Gasteiger partial charge in [0.1, 0.15) is 0 Å². The summed E-state index contributed by atoms with van der Waals surface area (Å²) in [5, 5.41) is 13.8. The summed E-state index contributed by atoms with van der Waals surface area (Å²) >= 11 is 0. The molecule has 2 aromatic carbocycles. The van der Waals surface area contributed by atoms with Gasteiger partial charge in [-0.3, -0.25) is 9.69 Å². The van der Waals surface area contributed by atoms with Crippen LogP contribution in [0.2, 0.25) is 0 Å². The summed E-state index contributed by atoms with van der Waals surface area (Å²) in [4.78, 5) is 18.5. The Hall–Kier alpha value is -3.32. The highest BCUT2D eigenvalue weighted by Gasteiger charge is 2.30. The van der Waals surface area contributed by atoms with Crippen LogP contribution < -0.4 is 5.56 Å². The SMILES string of the molecule is CCCC(c1nnnn1C(C)(C)C)N(Cc1ccccc1)Cc1cc2ccc(C)cc2[nH]c1=O. The smallest absolute Gasteiger partial charge is 0.252 e. The monoisotopic (exact) mass is 458 g/mol. The van der Waals surface area contributed by atoms with E-state index < -0.39 is 0 Å². The lowest BCUT2D eigenvalue weighted by Gasteiger charge is -2.33. The predicted molar refractivity (Wildman–Crippen MR) is 135 cm³/mol. The third kappa shape index (κ3) is 5.25. The molecule has 2 aromatic heterocycles. The molecule has 0 saturated heterocycles. The first-order valence-corrected chi connectivity index (χ1v) is 12.0. The largest absolute Gasteiger partial charge is 0.322 e. The zero-order valence-corrected chi connectivity index (χ0v) is 20.7.